The molecule has 0 radical (unpaired) electrons. The SMILES string of the molecule is CNC1(C)CCN(c2ccccc2C)C1. The predicted molar refractivity (Wildman–Crippen MR) is 65.5 cm³/mol. The largest absolute Gasteiger partial charge is 0.369 e. The van der Waals surface area contributed by atoms with Crippen LogP contribution in [0.3, 0.4) is 0 Å². The van der Waals surface area contributed by atoms with Crippen LogP contribution in [0.2, 0.25) is 0 Å². The van der Waals surface area contributed by atoms with Gasteiger partial charge in [0.1, 0.15) is 0 Å². The van der Waals surface area contributed by atoms with E-state index in [9.17, 15) is 0 Å². The van der Waals surface area contributed by atoms with Crippen molar-refractivity contribution < 1.29 is 0 Å². The zero-order chi connectivity index (χ0) is 10.9. The monoisotopic (exact) mass is 204 g/mol. The van der Waals surface area contributed by atoms with E-state index in [2.05, 4.69) is 55.4 Å². The van der Waals surface area contributed by atoms with E-state index in [1.54, 1.807) is 0 Å². The molecule has 1 heterocycles. The molecule has 0 aliphatic carbocycles. The number of anilines is 1. The highest BCUT2D eigenvalue weighted by Crippen LogP contribution is 2.28. The van der Waals surface area contributed by atoms with E-state index in [-0.39, 0.29) is 5.54 Å². The Balaban J connectivity index is 2.18. The molecule has 1 fully saturated rings. The maximum Gasteiger partial charge on any atom is 0.0396 e. The van der Waals surface area contributed by atoms with Gasteiger partial charge in [-0.2, -0.15) is 0 Å². The second kappa shape index (κ2) is 3.86. The molecule has 1 atom stereocenters. The van der Waals surface area contributed by atoms with Crippen molar-refractivity contribution in [2.24, 2.45) is 0 Å². The van der Waals surface area contributed by atoms with Crippen molar-refractivity contribution in [2.75, 3.05) is 25.0 Å². The molecule has 1 aliphatic rings. The summed E-state index contributed by atoms with van der Waals surface area (Å²) in [6.07, 6.45) is 1.22. The standard InChI is InChI=1S/C13H20N2/c1-11-6-4-5-7-12(11)15-9-8-13(2,10-15)14-3/h4-7,14H,8-10H2,1-3H3. The third-order valence-electron chi connectivity index (χ3n) is 3.53. The lowest BCUT2D eigenvalue weighted by Gasteiger charge is -2.25. The summed E-state index contributed by atoms with van der Waals surface area (Å²) in [7, 11) is 2.06. The summed E-state index contributed by atoms with van der Waals surface area (Å²) in [5.41, 5.74) is 3.04. The number of para-hydroxylation sites is 1. The molecule has 0 saturated carbocycles. The van der Waals surface area contributed by atoms with Crippen LogP contribution in [0.1, 0.15) is 18.9 Å². The number of aryl methyl sites for hydroxylation is 1. The highest BCUT2D eigenvalue weighted by molar-refractivity contribution is 5.54. The topological polar surface area (TPSA) is 15.3 Å². The van der Waals surface area contributed by atoms with E-state index in [0.717, 1.165) is 13.1 Å². The Bertz CT molecular complexity index is 348. The van der Waals surface area contributed by atoms with E-state index in [0.29, 0.717) is 0 Å². The van der Waals surface area contributed by atoms with Gasteiger partial charge >= 0.3 is 0 Å². The molecule has 1 aromatic rings. The summed E-state index contributed by atoms with van der Waals surface area (Å²) in [5, 5.41) is 3.42. The highest BCUT2D eigenvalue weighted by atomic mass is 15.2. The number of hydrogen-bond donors (Lipinski definition) is 1. The molecule has 0 aromatic heterocycles. The Labute approximate surface area is 92.3 Å². The highest BCUT2D eigenvalue weighted by Gasteiger charge is 2.32. The molecule has 0 bridgehead atoms. The van der Waals surface area contributed by atoms with Crippen molar-refractivity contribution in [1.82, 2.24) is 5.32 Å². The van der Waals surface area contributed by atoms with E-state index in [4.69, 9.17) is 0 Å². The van der Waals surface area contributed by atoms with E-state index >= 15 is 0 Å². The van der Waals surface area contributed by atoms with Crippen molar-refractivity contribution in [3.63, 3.8) is 0 Å². The van der Waals surface area contributed by atoms with Crippen LogP contribution >= 0.6 is 0 Å². The van der Waals surface area contributed by atoms with Crippen LogP contribution in [0, 0.1) is 6.92 Å². The lowest BCUT2D eigenvalue weighted by Crippen LogP contribution is -2.42. The normalized spacial score (nSPS) is 25.9. The first-order valence-corrected chi connectivity index (χ1v) is 5.64. The molecule has 2 nitrogen and oxygen atoms in total. The molecule has 0 spiro atoms. The summed E-state index contributed by atoms with van der Waals surface area (Å²) in [6.45, 7) is 6.74. The predicted octanol–water partition coefficient (Wildman–Crippen LogP) is 2.18. The van der Waals surface area contributed by atoms with Crippen molar-refractivity contribution >= 4 is 5.69 Å². The van der Waals surface area contributed by atoms with Gasteiger partial charge in [0.15, 0.2) is 0 Å². The quantitative estimate of drug-likeness (QED) is 0.794. The number of likely N-dealkylation sites (N-methyl/N-ethyl adjacent to an activating group) is 1. The van der Waals surface area contributed by atoms with Crippen molar-refractivity contribution in [1.29, 1.82) is 0 Å². The van der Waals surface area contributed by atoms with E-state index in [1.165, 1.54) is 17.7 Å². The molecular weight excluding hydrogens is 184 g/mol. The lowest BCUT2D eigenvalue weighted by atomic mass is 10.0. The molecule has 2 heteroatoms. The fourth-order valence-corrected chi connectivity index (χ4v) is 2.29. The van der Waals surface area contributed by atoms with Crippen LogP contribution in [0.25, 0.3) is 0 Å². The molecule has 2 rings (SSSR count). The molecule has 1 aromatic carbocycles. The van der Waals surface area contributed by atoms with Gasteiger partial charge < -0.3 is 10.2 Å². The van der Waals surface area contributed by atoms with Gasteiger partial charge in [-0.1, -0.05) is 18.2 Å². The first-order valence-electron chi connectivity index (χ1n) is 5.64. The smallest absolute Gasteiger partial charge is 0.0396 e. The van der Waals surface area contributed by atoms with Gasteiger partial charge in [0.2, 0.25) is 0 Å². The van der Waals surface area contributed by atoms with Gasteiger partial charge in [-0.05, 0) is 38.9 Å². The Morgan fingerprint density at radius 3 is 2.67 bits per heavy atom. The Hall–Kier alpha value is -1.02. The average Bonchev–Trinajstić information content (AvgIpc) is 2.63. The molecule has 1 saturated heterocycles. The Morgan fingerprint density at radius 1 is 1.33 bits per heavy atom. The second-order valence-corrected chi connectivity index (χ2v) is 4.77. The zero-order valence-electron chi connectivity index (χ0n) is 9.88. The summed E-state index contributed by atoms with van der Waals surface area (Å²) in [6, 6.07) is 8.63. The van der Waals surface area contributed by atoms with Crippen LogP contribution in [-0.4, -0.2) is 25.7 Å². The second-order valence-electron chi connectivity index (χ2n) is 4.77. The molecular formula is C13H20N2. The number of rotatable bonds is 2. The maximum absolute atomic E-state index is 3.42. The first-order chi connectivity index (χ1) is 7.14. The number of nitrogens with zero attached hydrogens (tertiary/aromatic N) is 1. The summed E-state index contributed by atoms with van der Waals surface area (Å²) in [4.78, 5) is 2.48. The fraction of sp³-hybridized carbons (Fsp3) is 0.538. The fourth-order valence-electron chi connectivity index (χ4n) is 2.29. The van der Waals surface area contributed by atoms with E-state index < -0.39 is 0 Å². The minimum Gasteiger partial charge on any atom is -0.369 e. The van der Waals surface area contributed by atoms with Gasteiger partial charge in [-0.15, -0.1) is 0 Å². The van der Waals surface area contributed by atoms with E-state index in [1.807, 2.05) is 0 Å². The third-order valence-corrected chi connectivity index (χ3v) is 3.53. The van der Waals surface area contributed by atoms with Gasteiger partial charge in [-0.25, -0.2) is 0 Å². The van der Waals surface area contributed by atoms with Crippen LogP contribution in [0.4, 0.5) is 5.69 Å². The van der Waals surface area contributed by atoms with Crippen LogP contribution in [0.15, 0.2) is 24.3 Å². The van der Waals surface area contributed by atoms with Crippen molar-refractivity contribution in [2.45, 2.75) is 25.8 Å². The summed E-state index contributed by atoms with van der Waals surface area (Å²) >= 11 is 0. The van der Waals surface area contributed by atoms with Crippen molar-refractivity contribution in [3.05, 3.63) is 29.8 Å². The summed E-state index contributed by atoms with van der Waals surface area (Å²) in [5.74, 6) is 0. The Kier molecular flexibility index (Phi) is 2.70. The van der Waals surface area contributed by atoms with Crippen LogP contribution in [0.5, 0.6) is 0 Å². The van der Waals surface area contributed by atoms with Gasteiger partial charge in [0, 0.05) is 24.3 Å². The molecule has 1 aliphatic heterocycles. The number of benzene rings is 1. The van der Waals surface area contributed by atoms with Gasteiger partial charge in [0.05, 0.1) is 0 Å². The lowest BCUT2D eigenvalue weighted by molar-refractivity contribution is 0.428. The minimum atomic E-state index is 0.280. The maximum atomic E-state index is 3.42. The minimum absolute atomic E-state index is 0.280. The molecule has 1 unspecified atom stereocenters. The number of nitrogens with one attached hydrogen (secondary N) is 1. The van der Waals surface area contributed by atoms with Gasteiger partial charge in [-0.3, -0.25) is 0 Å². The van der Waals surface area contributed by atoms with Gasteiger partial charge in [0.25, 0.3) is 0 Å². The number of hydrogen-bond acceptors (Lipinski definition) is 2. The van der Waals surface area contributed by atoms with Crippen LogP contribution < -0.4 is 10.2 Å². The summed E-state index contributed by atoms with van der Waals surface area (Å²) < 4.78 is 0. The zero-order valence-corrected chi connectivity index (χ0v) is 9.88. The average molecular weight is 204 g/mol. The third kappa shape index (κ3) is 2.00. The first kappa shape index (κ1) is 10.5. The molecule has 82 valence electrons. The van der Waals surface area contributed by atoms with Crippen molar-refractivity contribution in [3.8, 4) is 0 Å². The Morgan fingerprint density at radius 2 is 2.07 bits per heavy atom. The molecule has 1 N–H and O–H groups in total. The van der Waals surface area contributed by atoms with Crippen LogP contribution in [-0.2, 0) is 0 Å². The molecule has 0 amide bonds. The molecule has 15 heavy (non-hydrogen) atoms.